The molecule has 1 aromatic heterocycles. The zero-order valence-electron chi connectivity index (χ0n) is 11.1. The van der Waals surface area contributed by atoms with Crippen LogP contribution in [0.2, 0.25) is 0 Å². The second kappa shape index (κ2) is 5.80. The first kappa shape index (κ1) is 13.5. The van der Waals surface area contributed by atoms with Gasteiger partial charge in [0.15, 0.2) is 0 Å². The number of thiocarbonyl (C=S) groups is 1. The van der Waals surface area contributed by atoms with E-state index < -0.39 is 0 Å². The van der Waals surface area contributed by atoms with Crippen molar-refractivity contribution in [3.63, 3.8) is 0 Å². The number of pyridine rings is 1. The van der Waals surface area contributed by atoms with E-state index in [-0.39, 0.29) is 0 Å². The van der Waals surface area contributed by atoms with Crippen molar-refractivity contribution in [1.29, 1.82) is 0 Å². The normalized spacial score (nSPS) is 10.2. The minimum Gasteiger partial charge on any atom is -0.389 e. The maximum absolute atomic E-state index is 5.73. The van der Waals surface area contributed by atoms with Gasteiger partial charge in [-0.15, -0.1) is 0 Å². The van der Waals surface area contributed by atoms with Crippen molar-refractivity contribution in [2.45, 2.75) is 13.5 Å². The molecule has 2 aromatic rings. The minimum atomic E-state index is 0.374. The van der Waals surface area contributed by atoms with E-state index in [2.05, 4.69) is 41.1 Å². The molecule has 0 spiro atoms. The summed E-state index contributed by atoms with van der Waals surface area (Å²) in [5.74, 6) is 0.816. The lowest BCUT2D eigenvalue weighted by Gasteiger charge is -2.21. The minimum absolute atomic E-state index is 0.374. The molecule has 0 aliphatic heterocycles. The smallest absolute Gasteiger partial charge is 0.138 e. The standard InChI is InChI=1S/C15H17N3S/c1-11-5-3-6-12(9-11)10-18(2)15-13(14(16)19)7-4-8-17-15/h3-9H,10H2,1-2H3,(H2,16,19). The summed E-state index contributed by atoms with van der Waals surface area (Å²) >= 11 is 5.07. The van der Waals surface area contributed by atoms with Crippen molar-refractivity contribution in [2.24, 2.45) is 5.73 Å². The third-order valence-corrected chi connectivity index (χ3v) is 3.14. The van der Waals surface area contributed by atoms with Crippen LogP contribution in [-0.4, -0.2) is 17.0 Å². The molecule has 0 unspecified atom stereocenters. The second-order valence-electron chi connectivity index (χ2n) is 4.58. The highest BCUT2D eigenvalue weighted by Crippen LogP contribution is 2.18. The van der Waals surface area contributed by atoms with Gasteiger partial charge in [-0.2, -0.15) is 0 Å². The first-order valence-corrected chi connectivity index (χ1v) is 6.50. The van der Waals surface area contributed by atoms with Gasteiger partial charge < -0.3 is 10.6 Å². The van der Waals surface area contributed by atoms with Crippen molar-refractivity contribution >= 4 is 23.0 Å². The fourth-order valence-electron chi connectivity index (χ4n) is 2.05. The average Bonchev–Trinajstić information content (AvgIpc) is 2.38. The zero-order chi connectivity index (χ0) is 13.8. The van der Waals surface area contributed by atoms with E-state index in [1.807, 2.05) is 19.2 Å². The van der Waals surface area contributed by atoms with Crippen LogP contribution in [0, 0.1) is 6.92 Å². The highest BCUT2D eigenvalue weighted by Gasteiger charge is 2.10. The first-order valence-electron chi connectivity index (χ1n) is 6.09. The average molecular weight is 271 g/mol. The molecule has 0 fully saturated rings. The molecule has 3 nitrogen and oxygen atoms in total. The Hall–Kier alpha value is -1.94. The van der Waals surface area contributed by atoms with Crippen LogP contribution >= 0.6 is 12.2 Å². The molecule has 0 saturated carbocycles. The van der Waals surface area contributed by atoms with Crippen molar-refractivity contribution in [2.75, 3.05) is 11.9 Å². The van der Waals surface area contributed by atoms with Crippen LogP contribution in [-0.2, 0) is 6.54 Å². The predicted molar refractivity (Wildman–Crippen MR) is 83.4 cm³/mol. The molecule has 4 heteroatoms. The van der Waals surface area contributed by atoms with Gasteiger partial charge in [0.2, 0.25) is 0 Å². The molecule has 0 atom stereocenters. The van der Waals surface area contributed by atoms with Crippen LogP contribution in [0.1, 0.15) is 16.7 Å². The number of rotatable bonds is 4. The molecule has 0 radical (unpaired) electrons. The van der Waals surface area contributed by atoms with Crippen LogP contribution < -0.4 is 10.6 Å². The summed E-state index contributed by atoms with van der Waals surface area (Å²) in [5, 5.41) is 0. The first-order chi connectivity index (χ1) is 9.08. The lowest BCUT2D eigenvalue weighted by Crippen LogP contribution is -2.22. The van der Waals surface area contributed by atoms with Crippen LogP contribution in [0.3, 0.4) is 0 Å². The Labute approximate surface area is 119 Å². The topological polar surface area (TPSA) is 42.2 Å². The summed E-state index contributed by atoms with van der Waals surface area (Å²) < 4.78 is 0. The summed E-state index contributed by atoms with van der Waals surface area (Å²) in [7, 11) is 1.99. The Morgan fingerprint density at radius 1 is 1.32 bits per heavy atom. The monoisotopic (exact) mass is 271 g/mol. The molecule has 2 rings (SSSR count). The van der Waals surface area contributed by atoms with Crippen LogP contribution in [0.4, 0.5) is 5.82 Å². The Morgan fingerprint density at radius 2 is 2.11 bits per heavy atom. The van der Waals surface area contributed by atoms with Crippen molar-refractivity contribution < 1.29 is 0 Å². The zero-order valence-corrected chi connectivity index (χ0v) is 11.9. The number of anilines is 1. The fourth-order valence-corrected chi connectivity index (χ4v) is 2.21. The summed E-state index contributed by atoms with van der Waals surface area (Å²) in [6.07, 6.45) is 1.75. The molecular weight excluding hydrogens is 254 g/mol. The van der Waals surface area contributed by atoms with Gasteiger partial charge in [-0.3, -0.25) is 0 Å². The SMILES string of the molecule is Cc1cccc(CN(C)c2ncccc2C(N)=S)c1. The van der Waals surface area contributed by atoms with E-state index in [9.17, 15) is 0 Å². The molecule has 0 amide bonds. The third kappa shape index (κ3) is 3.29. The second-order valence-corrected chi connectivity index (χ2v) is 5.02. The number of nitrogens with two attached hydrogens (primary N) is 1. The van der Waals surface area contributed by atoms with Crippen LogP contribution in [0.15, 0.2) is 42.6 Å². The van der Waals surface area contributed by atoms with E-state index in [0.29, 0.717) is 4.99 Å². The molecule has 98 valence electrons. The van der Waals surface area contributed by atoms with Crippen LogP contribution in [0.5, 0.6) is 0 Å². The molecule has 0 saturated heterocycles. The third-order valence-electron chi connectivity index (χ3n) is 2.92. The molecule has 1 aromatic carbocycles. The maximum Gasteiger partial charge on any atom is 0.138 e. The quantitative estimate of drug-likeness (QED) is 0.868. The molecule has 2 N–H and O–H groups in total. The van der Waals surface area contributed by atoms with E-state index >= 15 is 0 Å². The largest absolute Gasteiger partial charge is 0.389 e. The Morgan fingerprint density at radius 3 is 2.79 bits per heavy atom. The van der Waals surface area contributed by atoms with Gasteiger partial charge in [-0.05, 0) is 24.6 Å². The summed E-state index contributed by atoms with van der Waals surface area (Å²) in [6.45, 7) is 2.86. The molecule has 19 heavy (non-hydrogen) atoms. The number of hydrogen-bond donors (Lipinski definition) is 1. The highest BCUT2D eigenvalue weighted by atomic mass is 32.1. The molecular formula is C15H17N3S. The Kier molecular flexibility index (Phi) is 4.12. The van der Waals surface area contributed by atoms with E-state index in [4.69, 9.17) is 18.0 Å². The van der Waals surface area contributed by atoms with Gasteiger partial charge >= 0.3 is 0 Å². The molecule has 0 aliphatic rings. The van der Waals surface area contributed by atoms with E-state index in [0.717, 1.165) is 17.9 Å². The number of nitrogens with zero attached hydrogens (tertiary/aromatic N) is 2. The molecule has 0 aliphatic carbocycles. The molecule has 0 bridgehead atoms. The van der Waals surface area contributed by atoms with Gasteiger partial charge in [0.05, 0.1) is 5.56 Å². The number of aromatic nitrogens is 1. The van der Waals surface area contributed by atoms with Crippen LogP contribution in [0.25, 0.3) is 0 Å². The molecule has 1 heterocycles. The van der Waals surface area contributed by atoms with Gasteiger partial charge in [0.25, 0.3) is 0 Å². The van der Waals surface area contributed by atoms with Gasteiger partial charge in [0, 0.05) is 19.8 Å². The van der Waals surface area contributed by atoms with Crippen molar-refractivity contribution in [3.8, 4) is 0 Å². The van der Waals surface area contributed by atoms with Crippen molar-refractivity contribution in [1.82, 2.24) is 4.98 Å². The summed E-state index contributed by atoms with van der Waals surface area (Å²) in [5.41, 5.74) is 9.04. The van der Waals surface area contributed by atoms with E-state index in [1.54, 1.807) is 6.20 Å². The number of hydrogen-bond acceptors (Lipinski definition) is 3. The van der Waals surface area contributed by atoms with Crippen molar-refractivity contribution in [3.05, 3.63) is 59.3 Å². The summed E-state index contributed by atoms with van der Waals surface area (Å²) in [4.78, 5) is 6.81. The highest BCUT2D eigenvalue weighted by molar-refractivity contribution is 7.80. The summed E-state index contributed by atoms with van der Waals surface area (Å²) in [6, 6.07) is 12.2. The van der Waals surface area contributed by atoms with Gasteiger partial charge in [-0.25, -0.2) is 4.98 Å². The van der Waals surface area contributed by atoms with E-state index in [1.165, 1.54) is 11.1 Å². The lowest BCUT2D eigenvalue weighted by atomic mass is 10.1. The Bertz CT molecular complexity index is 595. The predicted octanol–water partition coefficient (Wildman–Crippen LogP) is 2.66. The number of aryl methyl sites for hydroxylation is 1. The number of benzene rings is 1. The fraction of sp³-hybridized carbons (Fsp3) is 0.200. The van der Waals surface area contributed by atoms with Gasteiger partial charge in [0.1, 0.15) is 10.8 Å². The van der Waals surface area contributed by atoms with Gasteiger partial charge in [-0.1, -0.05) is 42.0 Å². The maximum atomic E-state index is 5.73. The lowest BCUT2D eigenvalue weighted by molar-refractivity contribution is 0.895. The Balaban J connectivity index is 2.25.